The van der Waals surface area contributed by atoms with Crippen LogP contribution in [-0.2, 0) is 34.6 Å². The van der Waals surface area contributed by atoms with Gasteiger partial charge in [0, 0.05) is 35.3 Å². The zero-order valence-electron chi connectivity index (χ0n) is 25.3. The summed E-state index contributed by atoms with van der Waals surface area (Å²) in [5.74, 6) is -1.78. The van der Waals surface area contributed by atoms with Gasteiger partial charge < -0.3 is 18.6 Å². The topological polar surface area (TPSA) is 121 Å². The normalized spacial score (nSPS) is 13.7. The number of sulfonamides is 1. The van der Waals surface area contributed by atoms with E-state index in [2.05, 4.69) is 4.72 Å². The lowest BCUT2D eigenvalue weighted by Crippen LogP contribution is -2.37. The highest BCUT2D eigenvalue weighted by Crippen LogP contribution is 2.41. The molecule has 4 aromatic carbocycles. The van der Waals surface area contributed by atoms with E-state index in [9.17, 15) is 22.4 Å². The average Bonchev–Trinajstić information content (AvgIpc) is 3.38. The van der Waals surface area contributed by atoms with Gasteiger partial charge in [-0.2, -0.15) is 0 Å². The Kier molecular flexibility index (Phi) is 8.68. The minimum atomic E-state index is -3.81. The molecule has 2 atom stereocenters. The predicted octanol–water partition coefficient (Wildman–Crippen LogP) is 7.11. The molecule has 0 saturated heterocycles. The van der Waals surface area contributed by atoms with Crippen molar-refractivity contribution in [3.8, 4) is 11.3 Å². The van der Waals surface area contributed by atoms with Gasteiger partial charge in [-0.15, -0.1) is 0 Å². The molecule has 5 aromatic rings. The number of hydrogen-bond acceptors (Lipinski definition) is 8. The van der Waals surface area contributed by atoms with Crippen molar-refractivity contribution in [1.82, 2.24) is 0 Å². The maximum atomic E-state index is 13.9. The molecular formula is C34H32FNO8S. The van der Waals surface area contributed by atoms with Crippen LogP contribution in [0.2, 0.25) is 0 Å². The Hall–Kier alpha value is -4.74. The number of fused-ring (bicyclic) bond motifs is 2. The number of hydrogen-bond donors (Lipinski definition) is 1. The molecule has 5 rings (SSSR count). The van der Waals surface area contributed by atoms with Crippen molar-refractivity contribution in [1.29, 1.82) is 0 Å². The number of esters is 2. The number of methoxy groups -OCH3 is 1. The maximum Gasteiger partial charge on any atom is 0.343 e. The second kappa shape index (κ2) is 12.3. The summed E-state index contributed by atoms with van der Waals surface area (Å²) in [6.07, 6.45) is -0.0502. The molecule has 0 radical (unpaired) electrons. The first-order valence-corrected chi connectivity index (χ1v) is 16.0. The van der Waals surface area contributed by atoms with Crippen LogP contribution in [0.4, 0.5) is 10.1 Å². The number of nitrogens with one attached hydrogen (secondary N) is 1. The molecular weight excluding hydrogens is 601 g/mol. The van der Waals surface area contributed by atoms with Gasteiger partial charge in [0.25, 0.3) is 0 Å². The second-order valence-corrected chi connectivity index (χ2v) is 12.4. The fourth-order valence-electron chi connectivity index (χ4n) is 5.28. The molecule has 0 spiro atoms. The monoisotopic (exact) mass is 633 g/mol. The van der Waals surface area contributed by atoms with Gasteiger partial charge in [-0.25, -0.2) is 22.4 Å². The van der Waals surface area contributed by atoms with Gasteiger partial charge in [0.05, 0.1) is 18.6 Å². The number of anilines is 1. The van der Waals surface area contributed by atoms with Crippen LogP contribution >= 0.6 is 0 Å². The fraction of sp³-hybridized carbons (Fsp3) is 0.235. The number of carbonyl (C=O) groups excluding carboxylic acids is 2. The van der Waals surface area contributed by atoms with Crippen LogP contribution in [0.3, 0.4) is 0 Å². The predicted molar refractivity (Wildman–Crippen MR) is 169 cm³/mol. The summed E-state index contributed by atoms with van der Waals surface area (Å²) in [6.45, 7) is 4.91. The quantitative estimate of drug-likeness (QED) is 0.162. The number of benzene rings is 4. The third kappa shape index (κ3) is 6.27. The van der Waals surface area contributed by atoms with Gasteiger partial charge in [0.2, 0.25) is 10.0 Å². The van der Waals surface area contributed by atoms with Gasteiger partial charge in [0.1, 0.15) is 28.8 Å². The van der Waals surface area contributed by atoms with Crippen LogP contribution < -0.4 is 4.72 Å². The molecule has 0 bridgehead atoms. The van der Waals surface area contributed by atoms with Gasteiger partial charge in [-0.1, -0.05) is 42.5 Å². The highest BCUT2D eigenvalue weighted by Gasteiger charge is 2.40. The summed E-state index contributed by atoms with van der Waals surface area (Å²) in [5, 5.41) is 2.00. The molecule has 1 N–H and O–H groups in total. The Morgan fingerprint density at radius 3 is 2.36 bits per heavy atom. The largest absolute Gasteiger partial charge is 0.462 e. The Morgan fingerprint density at radius 2 is 1.69 bits per heavy atom. The molecule has 0 aliphatic heterocycles. The lowest BCUT2D eigenvalue weighted by Gasteiger charge is -2.29. The Morgan fingerprint density at radius 1 is 1.00 bits per heavy atom. The molecule has 0 fully saturated rings. The number of halogens is 1. The first-order valence-electron chi connectivity index (χ1n) is 14.1. The number of furan rings is 1. The van der Waals surface area contributed by atoms with Crippen LogP contribution in [0, 0.1) is 5.82 Å². The van der Waals surface area contributed by atoms with E-state index in [4.69, 9.17) is 18.6 Å². The molecule has 0 amide bonds. The molecule has 11 heteroatoms. The van der Waals surface area contributed by atoms with Crippen molar-refractivity contribution >= 4 is 49.4 Å². The Bertz CT molecular complexity index is 2010. The zero-order chi connectivity index (χ0) is 32.5. The first-order chi connectivity index (χ1) is 21.4. The van der Waals surface area contributed by atoms with Crippen molar-refractivity contribution in [2.45, 2.75) is 32.5 Å². The van der Waals surface area contributed by atoms with Crippen molar-refractivity contribution in [2.24, 2.45) is 0 Å². The van der Waals surface area contributed by atoms with Gasteiger partial charge >= 0.3 is 11.9 Å². The number of rotatable bonds is 10. The van der Waals surface area contributed by atoms with Crippen LogP contribution in [0.1, 0.15) is 48.4 Å². The summed E-state index contributed by atoms with van der Waals surface area (Å²) < 4.78 is 64.0. The highest BCUT2D eigenvalue weighted by atomic mass is 32.2. The molecule has 0 unspecified atom stereocenters. The fourth-order valence-corrected chi connectivity index (χ4v) is 5.85. The third-order valence-electron chi connectivity index (χ3n) is 7.56. The first kappa shape index (κ1) is 31.7. The molecule has 45 heavy (non-hydrogen) atoms. The van der Waals surface area contributed by atoms with Crippen LogP contribution in [-0.4, -0.2) is 40.3 Å². The molecule has 0 aliphatic rings. The SMILES string of the molecule is CCOC(=O)c1c(-c2ccc(F)cc2)oc2cc(NS(C)(=O)=O)c([C@@H](C)OC(=O)[C@@](C)(OC)c3cccc4ccccc34)cc12. The van der Waals surface area contributed by atoms with Gasteiger partial charge in [0.15, 0.2) is 5.60 Å². The van der Waals surface area contributed by atoms with E-state index in [0.717, 1.165) is 17.0 Å². The Labute approximate surface area is 259 Å². The minimum Gasteiger partial charge on any atom is -0.462 e. The van der Waals surface area contributed by atoms with Crippen molar-refractivity contribution < 1.29 is 41.0 Å². The van der Waals surface area contributed by atoms with Gasteiger partial charge in [-0.3, -0.25) is 4.72 Å². The molecule has 1 heterocycles. The standard InChI is InChI=1S/C34H32FNO8S/c1-6-42-32(37)30-26-18-25(28(36-45(5,39)40)19-29(26)44-31(30)22-14-16-23(35)17-15-22)20(2)43-33(38)34(3,41-4)27-13-9-11-21-10-7-8-12-24(21)27/h7-20,36H,6H2,1-5H3/t20-,34+/m1/s1. The number of carbonyl (C=O) groups is 2. The minimum absolute atomic E-state index is 0.0571. The Balaban J connectivity index is 1.63. The molecule has 234 valence electrons. The van der Waals surface area contributed by atoms with Crippen LogP contribution in [0.5, 0.6) is 0 Å². The van der Waals surface area contributed by atoms with Crippen molar-refractivity contribution in [2.75, 3.05) is 24.7 Å². The van der Waals surface area contributed by atoms with E-state index in [1.54, 1.807) is 26.8 Å². The molecule has 1 aromatic heterocycles. The maximum absolute atomic E-state index is 13.9. The molecule has 0 aliphatic carbocycles. The summed E-state index contributed by atoms with van der Waals surface area (Å²) >= 11 is 0. The van der Waals surface area contributed by atoms with E-state index in [1.165, 1.54) is 43.5 Å². The number of ether oxygens (including phenoxy) is 3. The highest BCUT2D eigenvalue weighted by molar-refractivity contribution is 7.92. The van der Waals surface area contributed by atoms with E-state index < -0.39 is 39.5 Å². The summed E-state index contributed by atoms with van der Waals surface area (Å²) in [5.41, 5.74) is 0.00308. The third-order valence-corrected chi connectivity index (χ3v) is 8.16. The van der Waals surface area contributed by atoms with E-state index in [1.807, 2.05) is 36.4 Å². The lowest BCUT2D eigenvalue weighted by molar-refractivity contribution is -0.173. The van der Waals surface area contributed by atoms with E-state index in [-0.39, 0.29) is 40.2 Å². The van der Waals surface area contributed by atoms with E-state index >= 15 is 0 Å². The van der Waals surface area contributed by atoms with Crippen LogP contribution in [0.25, 0.3) is 33.1 Å². The van der Waals surface area contributed by atoms with Gasteiger partial charge in [-0.05, 0) is 61.9 Å². The summed E-state index contributed by atoms with van der Waals surface area (Å²) in [7, 11) is -2.40. The van der Waals surface area contributed by atoms with E-state index in [0.29, 0.717) is 11.1 Å². The van der Waals surface area contributed by atoms with Crippen molar-refractivity contribution in [3.05, 3.63) is 101 Å². The molecule has 0 saturated carbocycles. The lowest BCUT2D eigenvalue weighted by atomic mass is 9.90. The zero-order valence-corrected chi connectivity index (χ0v) is 26.2. The van der Waals surface area contributed by atoms with Crippen molar-refractivity contribution in [3.63, 3.8) is 0 Å². The average molecular weight is 634 g/mol. The summed E-state index contributed by atoms with van der Waals surface area (Å²) in [4.78, 5) is 27.1. The second-order valence-electron chi connectivity index (χ2n) is 10.7. The smallest absolute Gasteiger partial charge is 0.343 e. The van der Waals surface area contributed by atoms with Crippen LogP contribution in [0.15, 0.2) is 83.3 Å². The summed E-state index contributed by atoms with van der Waals surface area (Å²) in [6, 6.07) is 21.4. The molecule has 9 nitrogen and oxygen atoms in total.